The van der Waals surface area contributed by atoms with Crippen molar-refractivity contribution < 1.29 is 19.1 Å². The summed E-state index contributed by atoms with van der Waals surface area (Å²) in [5.74, 6) is -0.655. The molecule has 1 aliphatic rings. The number of carbonyl (C=O) groups is 2. The van der Waals surface area contributed by atoms with E-state index in [0.29, 0.717) is 59.7 Å². The predicted molar refractivity (Wildman–Crippen MR) is 116 cm³/mol. The van der Waals surface area contributed by atoms with Crippen LogP contribution in [0, 0.1) is 0 Å². The monoisotopic (exact) mass is 432 g/mol. The van der Waals surface area contributed by atoms with Crippen LogP contribution in [0.5, 0.6) is 6.01 Å². The Morgan fingerprint density at radius 3 is 2.59 bits per heavy atom. The van der Waals surface area contributed by atoms with E-state index in [1.54, 1.807) is 35.5 Å². The number of nitrogens with one attached hydrogen (secondary N) is 1. The zero-order valence-corrected chi connectivity index (χ0v) is 17.3. The van der Waals surface area contributed by atoms with Crippen molar-refractivity contribution in [3.05, 3.63) is 47.8 Å². The van der Waals surface area contributed by atoms with E-state index in [9.17, 15) is 9.59 Å². The van der Waals surface area contributed by atoms with E-state index in [1.807, 2.05) is 6.07 Å². The number of aromatic amines is 1. The van der Waals surface area contributed by atoms with Crippen molar-refractivity contribution in [1.82, 2.24) is 24.8 Å². The van der Waals surface area contributed by atoms with Gasteiger partial charge in [0.1, 0.15) is 0 Å². The molecule has 0 atom stereocenters. The summed E-state index contributed by atoms with van der Waals surface area (Å²) in [7, 11) is 1.48. The second kappa shape index (κ2) is 7.89. The van der Waals surface area contributed by atoms with Crippen molar-refractivity contribution in [2.75, 3.05) is 33.4 Å². The van der Waals surface area contributed by atoms with Crippen LogP contribution in [0.2, 0.25) is 0 Å². The average molecular weight is 432 g/mol. The molecule has 1 aliphatic heterocycles. The molecule has 1 saturated heterocycles. The fourth-order valence-electron chi connectivity index (χ4n) is 3.83. The Hall–Kier alpha value is -4.05. The lowest BCUT2D eigenvalue weighted by atomic mass is 10.1. The van der Waals surface area contributed by atoms with Gasteiger partial charge in [-0.15, -0.1) is 0 Å². The number of nitrogens with zero attached hydrogens (tertiary/aromatic N) is 4. The third kappa shape index (κ3) is 3.40. The topological polar surface area (TPSA) is 136 Å². The van der Waals surface area contributed by atoms with E-state index < -0.39 is 5.91 Å². The minimum absolute atomic E-state index is 0.0620. The maximum Gasteiger partial charge on any atom is 0.316 e. The summed E-state index contributed by atoms with van der Waals surface area (Å²) in [5, 5.41) is 0.775. The van der Waals surface area contributed by atoms with Gasteiger partial charge in [-0.05, 0) is 24.3 Å². The van der Waals surface area contributed by atoms with Crippen LogP contribution in [-0.4, -0.2) is 70.1 Å². The molecule has 2 amide bonds. The van der Waals surface area contributed by atoms with Crippen molar-refractivity contribution in [3.63, 3.8) is 0 Å². The highest BCUT2D eigenvalue weighted by atomic mass is 16.5. The number of benzene rings is 1. The summed E-state index contributed by atoms with van der Waals surface area (Å²) in [5.41, 5.74) is 9.40. The van der Waals surface area contributed by atoms with Gasteiger partial charge in [-0.2, -0.15) is 0 Å². The van der Waals surface area contributed by atoms with Gasteiger partial charge in [0, 0.05) is 47.5 Å². The summed E-state index contributed by atoms with van der Waals surface area (Å²) >= 11 is 0. The molecule has 0 radical (unpaired) electrons. The minimum atomic E-state index is -0.593. The molecule has 10 nitrogen and oxygen atoms in total. The number of methoxy groups -OCH3 is 1. The zero-order valence-electron chi connectivity index (χ0n) is 17.3. The molecule has 0 saturated carbocycles. The highest BCUT2D eigenvalue weighted by Gasteiger charge is 2.21. The highest BCUT2D eigenvalue weighted by Crippen LogP contribution is 2.30. The van der Waals surface area contributed by atoms with Crippen molar-refractivity contribution >= 4 is 33.8 Å². The third-order valence-electron chi connectivity index (χ3n) is 5.47. The Morgan fingerprint density at radius 2 is 1.91 bits per heavy atom. The number of carbonyl (C=O) groups excluding carboxylic acids is 2. The first-order valence-electron chi connectivity index (χ1n) is 10.0. The third-order valence-corrected chi connectivity index (χ3v) is 5.47. The Labute approximate surface area is 182 Å². The normalized spacial score (nSPS) is 14.1. The van der Waals surface area contributed by atoms with Gasteiger partial charge in [0.2, 0.25) is 0 Å². The molecular weight excluding hydrogens is 412 g/mol. The first-order chi connectivity index (χ1) is 15.5. The standard InChI is InChI=1S/C22H20N6O4/c1-31-22-24-10-13(11-25-22)16-9-15(20(23)29)19-18(26-16)14-3-2-12(8-17(14)27-19)21(30)28-4-6-32-7-5-28/h2-3,8-11,27H,4-7H2,1H3,(H2,23,29). The number of primary amides is 1. The zero-order chi connectivity index (χ0) is 22.2. The van der Waals surface area contributed by atoms with Gasteiger partial charge in [-0.3, -0.25) is 9.59 Å². The quantitative estimate of drug-likeness (QED) is 0.501. The predicted octanol–water partition coefficient (Wildman–Crippen LogP) is 1.75. The number of ether oxygens (including phenoxy) is 2. The van der Waals surface area contributed by atoms with Crippen molar-refractivity contribution in [2.24, 2.45) is 5.73 Å². The number of fused-ring (bicyclic) bond motifs is 3. The molecule has 0 unspecified atom stereocenters. The molecule has 4 heterocycles. The number of nitrogens with two attached hydrogens (primary N) is 1. The van der Waals surface area contributed by atoms with Gasteiger partial charge in [0.25, 0.3) is 11.8 Å². The molecule has 0 aliphatic carbocycles. The second-order valence-electron chi connectivity index (χ2n) is 7.39. The number of rotatable bonds is 4. The lowest BCUT2D eigenvalue weighted by Gasteiger charge is -2.26. The summed E-state index contributed by atoms with van der Waals surface area (Å²) in [6.45, 7) is 2.18. The SMILES string of the molecule is COc1ncc(-c2cc(C(N)=O)c3[nH]c4cc(C(=O)N5CCOCC5)ccc4c3n2)cn1. The van der Waals surface area contributed by atoms with Crippen LogP contribution in [0.3, 0.4) is 0 Å². The van der Waals surface area contributed by atoms with Gasteiger partial charge in [-0.25, -0.2) is 15.0 Å². The lowest BCUT2D eigenvalue weighted by molar-refractivity contribution is 0.0303. The van der Waals surface area contributed by atoms with Crippen LogP contribution >= 0.6 is 0 Å². The summed E-state index contributed by atoms with van der Waals surface area (Å²) in [6.07, 6.45) is 3.14. The lowest BCUT2D eigenvalue weighted by Crippen LogP contribution is -2.40. The molecule has 4 aromatic rings. The summed E-state index contributed by atoms with van der Waals surface area (Å²) < 4.78 is 10.3. The van der Waals surface area contributed by atoms with E-state index in [0.717, 1.165) is 5.39 Å². The van der Waals surface area contributed by atoms with Gasteiger partial charge in [0.15, 0.2) is 0 Å². The maximum atomic E-state index is 12.9. The Kier molecular flexibility index (Phi) is 4.91. The number of pyridine rings is 1. The van der Waals surface area contributed by atoms with E-state index >= 15 is 0 Å². The molecule has 1 fully saturated rings. The van der Waals surface area contributed by atoms with Gasteiger partial charge >= 0.3 is 6.01 Å². The van der Waals surface area contributed by atoms with Gasteiger partial charge in [-0.1, -0.05) is 0 Å². The van der Waals surface area contributed by atoms with E-state index in [-0.39, 0.29) is 17.5 Å². The number of aromatic nitrogens is 4. The van der Waals surface area contributed by atoms with Crippen LogP contribution < -0.4 is 10.5 Å². The van der Waals surface area contributed by atoms with Crippen molar-refractivity contribution in [2.45, 2.75) is 0 Å². The van der Waals surface area contributed by atoms with E-state index in [1.165, 1.54) is 7.11 Å². The molecule has 32 heavy (non-hydrogen) atoms. The van der Waals surface area contributed by atoms with Crippen molar-refractivity contribution in [1.29, 1.82) is 0 Å². The molecule has 1 aromatic carbocycles. The van der Waals surface area contributed by atoms with Gasteiger partial charge < -0.3 is 25.1 Å². The average Bonchev–Trinajstić information content (AvgIpc) is 3.21. The van der Waals surface area contributed by atoms with Gasteiger partial charge in [0.05, 0.1) is 42.6 Å². The molecule has 0 bridgehead atoms. The summed E-state index contributed by atoms with van der Waals surface area (Å²) in [6, 6.07) is 7.20. The number of amides is 2. The van der Waals surface area contributed by atoms with Crippen LogP contribution in [-0.2, 0) is 4.74 Å². The Morgan fingerprint density at radius 1 is 1.16 bits per heavy atom. The molecular formula is C22H20N6O4. The van der Waals surface area contributed by atoms with Crippen molar-refractivity contribution in [3.8, 4) is 17.3 Å². The molecule has 0 spiro atoms. The smallest absolute Gasteiger partial charge is 0.316 e. The second-order valence-corrected chi connectivity index (χ2v) is 7.39. The molecule has 3 N–H and O–H groups in total. The van der Waals surface area contributed by atoms with Crippen LogP contribution in [0.15, 0.2) is 36.7 Å². The number of morpholine rings is 1. The Balaban J connectivity index is 1.63. The fourth-order valence-corrected chi connectivity index (χ4v) is 3.83. The molecule has 162 valence electrons. The molecule has 5 rings (SSSR count). The van der Waals surface area contributed by atoms with Crippen LogP contribution in [0.1, 0.15) is 20.7 Å². The number of hydrogen-bond acceptors (Lipinski definition) is 7. The maximum absolute atomic E-state index is 12.9. The first kappa shape index (κ1) is 19.9. The largest absolute Gasteiger partial charge is 0.467 e. The highest BCUT2D eigenvalue weighted by molar-refractivity contribution is 6.14. The molecule has 10 heteroatoms. The summed E-state index contributed by atoms with van der Waals surface area (Å²) in [4.78, 5) is 43.0. The Bertz CT molecular complexity index is 1340. The van der Waals surface area contributed by atoms with Crippen LogP contribution in [0.4, 0.5) is 0 Å². The van der Waals surface area contributed by atoms with E-state index in [2.05, 4.69) is 15.0 Å². The minimum Gasteiger partial charge on any atom is -0.467 e. The first-order valence-corrected chi connectivity index (χ1v) is 10.0. The van der Waals surface area contributed by atoms with Crippen LogP contribution in [0.25, 0.3) is 33.2 Å². The fraction of sp³-hybridized carbons (Fsp3) is 0.227. The van der Waals surface area contributed by atoms with E-state index in [4.69, 9.17) is 20.2 Å². The molecule has 3 aromatic heterocycles. The number of H-pyrrole nitrogens is 1. The number of hydrogen-bond donors (Lipinski definition) is 2.